The van der Waals surface area contributed by atoms with Gasteiger partial charge in [-0.05, 0) is 35.9 Å². The number of hydrogen-bond acceptors (Lipinski definition) is 3. The summed E-state index contributed by atoms with van der Waals surface area (Å²) in [5.74, 6) is -0.323. The van der Waals surface area contributed by atoms with Gasteiger partial charge in [-0.25, -0.2) is 13.8 Å². The van der Waals surface area contributed by atoms with Crippen molar-refractivity contribution in [3.05, 3.63) is 76.3 Å². The van der Waals surface area contributed by atoms with Crippen LogP contribution in [0.1, 0.15) is 17.2 Å². The maximum atomic E-state index is 13.1. The van der Waals surface area contributed by atoms with Crippen LogP contribution in [0.2, 0.25) is 5.02 Å². The number of H-pyrrole nitrogens is 1. The SMILES string of the molecule is O=C(Cc1n[nH]c(Cc2ccc(F)cc2)n1)Nc1ccc(F)c(Cl)c1. The van der Waals surface area contributed by atoms with Gasteiger partial charge in [-0.15, -0.1) is 0 Å². The summed E-state index contributed by atoms with van der Waals surface area (Å²) in [6.45, 7) is 0. The topological polar surface area (TPSA) is 70.7 Å². The second-order valence-corrected chi connectivity index (χ2v) is 5.76. The van der Waals surface area contributed by atoms with Gasteiger partial charge in [-0.1, -0.05) is 23.7 Å². The molecule has 25 heavy (non-hydrogen) atoms. The van der Waals surface area contributed by atoms with Crippen LogP contribution in [0, 0.1) is 11.6 Å². The standard InChI is InChI=1S/C17H13ClF2N4O/c18-13-8-12(5-6-14(13)20)21-17(25)9-16-22-15(23-24-16)7-10-1-3-11(19)4-2-10/h1-6,8H,7,9H2,(H,21,25)(H,22,23,24). The fourth-order valence-corrected chi connectivity index (χ4v) is 2.39. The quantitative estimate of drug-likeness (QED) is 0.729. The number of carbonyl (C=O) groups excluding carboxylic acids is 1. The van der Waals surface area contributed by atoms with Crippen molar-refractivity contribution in [2.75, 3.05) is 5.32 Å². The van der Waals surface area contributed by atoms with Crippen LogP contribution in [0.3, 0.4) is 0 Å². The van der Waals surface area contributed by atoms with Crippen LogP contribution in [-0.4, -0.2) is 21.1 Å². The molecule has 0 radical (unpaired) electrons. The molecule has 0 spiro atoms. The molecule has 5 nitrogen and oxygen atoms in total. The molecule has 8 heteroatoms. The van der Waals surface area contributed by atoms with Gasteiger partial charge in [0, 0.05) is 12.1 Å². The number of nitrogens with zero attached hydrogens (tertiary/aromatic N) is 2. The molecule has 3 rings (SSSR count). The second kappa shape index (κ2) is 7.40. The van der Waals surface area contributed by atoms with E-state index < -0.39 is 5.82 Å². The van der Waals surface area contributed by atoms with Crippen LogP contribution in [0.4, 0.5) is 14.5 Å². The van der Waals surface area contributed by atoms with E-state index in [0.717, 1.165) is 5.56 Å². The second-order valence-electron chi connectivity index (χ2n) is 5.36. The molecule has 1 heterocycles. The Hall–Kier alpha value is -2.80. The Kier molecular flexibility index (Phi) is 5.04. The molecule has 0 saturated heterocycles. The van der Waals surface area contributed by atoms with Gasteiger partial charge < -0.3 is 5.32 Å². The summed E-state index contributed by atoms with van der Waals surface area (Å²) in [5, 5.41) is 9.26. The zero-order chi connectivity index (χ0) is 17.8. The normalized spacial score (nSPS) is 10.7. The minimum atomic E-state index is -0.556. The molecule has 0 aliphatic heterocycles. The summed E-state index contributed by atoms with van der Waals surface area (Å²) in [4.78, 5) is 16.2. The Morgan fingerprint density at radius 2 is 1.92 bits per heavy atom. The lowest BCUT2D eigenvalue weighted by Gasteiger charge is -2.04. The molecule has 0 fully saturated rings. The lowest BCUT2D eigenvalue weighted by molar-refractivity contribution is -0.115. The van der Waals surface area contributed by atoms with E-state index in [0.29, 0.717) is 23.8 Å². The van der Waals surface area contributed by atoms with Crippen molar-refractivity contribution in [3.63, 3.8) is 0 Å². The monoisotopic (exact) mass is 362 g/mol. The van der Waals surface area contributed by atoms with Crippen molar-refractivity contribution < 1.29 is 13.6 Å². The summed E-state index contributed by atoms with van der Waals surface area (Å²) in [6, 6.07) is 9.96. The fourth-order valence-electron chi connectivity index (χ4n) is 2.21. The number of benzene rings is 2. The highest BCUT2D eigenvalue weighted by Crippen LogP contribution is 2.19. The van der Waals surface area contributed by atoms with Crippen molar-refractivity contribution in [2.45, 2.75) is 12.8 Å². The van der Waals surface area contributed by atoms with Crippen molar-refractivity contribution >= 4 is 23.2 Å². The summed E-state index contributed by atoms with van der Waals surface area (Å²) in [6.07, 6.45) is 0.400. The van der Waals surface area contributed by atoms with Crippen molar-refractivity contribution in [1.82, 2.24) is 15.2 Å². The number of rotatable bonds is 5. The molecular formula is C17H13ClF2N4O. The number of amides is 1. The molecule has 3 aromatic rings. The van der Waals surface area contributed by atoms with Crippen molar-refractivity contribution in [3.8, 4) is 0 Å². The van der Waals surface area contributed by atoms with Crippen molar-refractivity contribution in [1.29, 1.82) is 0 Å². The third kappa shape index (κ3) is 4.60. The first-order chi connectivity index (χ1) is 12.0. The first-order valence-corrected chi connectivity index (χ1v) is 7.77. The molecule has 1 aromatic heterocycles. The van der Waals surface area contributed by atoms with Gasteiger partial charge in [-0.2, -0.15) is 5.10 Å². The Balaban J connectivity index is 1.59. The highest BCUT2D eigenvalue weighted by molar-refractivity contribution is 6.31. The van der Waals surface area contributed by atoms with Gasteiger partial charge in [0.05, 0.1) is 11.4 Å². The summed E-state index contributed by atoms with van der Waals surface area (Å²) in [7, 11) is 0. The van der Waals surface area contributed by atoms with Gasteiger partial charge in [0.1, 0.15) is 17.5 Å². The van der Waals surface area contributed by atoms with Crippen molar-refractivity contribution in [2.24, 2.45) is 0 Å². The molecule has 0 saturated carbocycles. The molecule has 1 amide bonds. The molecule has 128 valence electrons. The van der Waals surface area contributed by atoms with E-state index in [2.05, 4.69) is 20.5 Å². The van der Waals surface area contributed by atoms with E-state index in [4.69, 9.17) is 11.6 Å². The summed E-state index contributed by atoms with van der Waals surface area (Å²) >= 11 is 5.67. The van der Waals surface area contributed by atoms with E-state index in [1.165, 1.54) is 30.3 Å². The van der Waals surface area contributed by atoms with Crippen LogP contribution in [0.5, 0.6) is 0 Å². The maximum absolute atomic E-state index is 13.1. The number of nitrogens with one attached hydrogen (secondary N) is 2. The van der Waals surface area contributed by atoms with E-state index in [-0.39, 0.29) is 23.2 Å². The zero-order valence-electron chi connectivity index (χ0n) is 12.9. The average Bonchev–Trinajstić information content (AvgIpc) is 3.00. The van der Waals surface area contributed by atoms with Gasteiger partial charge in [-0.3, -0.25) is 9.89 Å². The highest BCUT2D eigenvalue weighted by Gasteiger charge is 2.11. The highest BCUT2D eigenvalue weighted by atomic mass is 35.5. The predicted molar refractivity (Wildman–Crippen MR) is 89.3 cm³/mol. The van der Waals surface area contributed by atoms with Gasteiger partial charge >= 0.3 is 0 Å². The maximum Gasteiger partial charge on any atom is 0.232 e. The number of hydrogen-bond donors (Lipinski definition) is 2. The predicted octanol–water partition coefficient (Wildman–Crippen LogP) is 3.51. The molecule has 0 bridgehead atoms. The van der Waals surface area contributed by atoms with E-state index in [9.17, 15) is 13.6 Å². The van der Waals surface area contributed by atoms with Crippen LogP contribution >= 0.6 is 11.6 Å². The molecule has 2 N–H and O–H groups in total. The van der Waals surface area contributed by atoms with E-state index in [1.54, 1.807) is 12.1 Å². The number of halogens is 3. The summed E-state index contributed by atoms with van der Waals surface area (Å²) < 4.78 is 26.0. The summed E-state index contributed by atoms with van der Waals surface area (Å²) in [5.41, 5.74) is 1.26. The minimum absolute atomic E-state index is 0.0467. The molecule has 0 aliphatic carbocycles. The first kappa shape index (κ1) is 17.0. The van der Waals surface area contributed by atoms with Crippen LogP contribution in [0.25, 0.3) is 0 Å². The number of anilines is 1. The van der Waals surface area contributed by atoms with Crippen LogP contribution in [-0.2, 0) is 17.6 Å². The molecular weight excluding hydrogens is 350 g/mol. The molecule has 2 aromatic carbocycles. The molecule has 0 atom stereocenters. The zero-order valence-corrected chi connectivity index (χ0v) is 13.6. The minimum Gasteiger partial charge on any atom is -0.326 e. The largest absolute Gasteiger partial charge is 0.326 e. The van der Waals surface area contributed by atoms with E-state index >= 15 is 0 Å². The van der Waals surface area contributed by atoms with E-state index in [1.807, 2.05) is 0 Å². The van der Waals surface area contributed by atoms with Gasteiger partial charge in [0.25, 0.3) is 0 Å². The number of aromatic nitrogens is 3. The number of carbonyl (C=O) groups is 1. The lowest BCUT2D eigenvalue weighted by atomic mass is 10.1. The molecule has 0 aliphatic rings. The third-order valence-electron chi connectivity index (χ3n) is 3.38. The van der Waals surface area contributed by atoms with Gasteiger partial charge in [0.2, 0.25) is 5.91 Å². The third-order valence-corrected chi connectivity index (χ3v) is 3.67. The smallest absolute Gasteiger partial charge is 0.232 e. The van der Waals surface area contributed by atoms with Crippen LogP contribution in [0.15, 0.2) is 42.5 Å². The van der Waals surface area contributed by atoms with Crippen LogP contribution < -0.4 is 5.32 Å². The Bertz CT molecular complexity index is 896. The number of aromatic amines is 1. The van der Waals surface area contributed by atoms with Gasteiger partial charge in [0.15, 0.2) is 5.82 Å². The average molecular weight is 363 g/mol. The Morgan fingerprint density at radius 1 is 1.16 bits per heavy atom. The Labute approximate surface area is 147 Å². The first-order valence-electron chi connectivity index (χ1n) is 7.39. The molecule has 0 unspecified atom stereocenters. The lowest BCUT2D eigenvalue weighted by Crippen LogP contribution is -2.15. The Morgan fingerprint density at radius 3 is 2.64 bits per heavy atom. The fraction of sp³-hybridized carbons (Fsp3) is 0.118.